The van der Waals surface area contributed by atoms with E-state index in [9.17, 15) is 9.18 Å². The first-order valence-electron chi connectivity index (χ1n) is 9.36. The number of hydrogen-bond acceptors (Lipinski definition) is 4. The van der Waals surface area contributed by atoms with Gasteiger partial charge < -0.3 is 4.74 Å². The molecule has 0 aromatic heterocycles. The molecule has 1 aliphatic heterocycles. The number of esters is 1. The summed E-state index contributed by atoms with van der Waals surface area (Å²) in [5.74, 6) is -1.05. The summed E-state index contributed by atoms with van der Waals surface area (Å²) in [4.78, 5) is 20.5. The summed E-state index contributed by atoms with van der Waals surface area (Å²) in [5, 5.41) is 3.92. The summed E-state index contributed by atoms with van der Waals surface area (Å²) in [5.41, 5.74) is 11.2. The van der Waals surface area contributed by atoms with Crippen molar-refractivity contribution in [2.75, 3.05) is 0 Å². The molecule has 7 heteroatoms. The topological polar surface area (TPSA) is 87.4 Å². The van der Waals surface area contributed by atoms with E-state index in [2.05, 4.69) is 15.0 Å². The number of carbonyl (C=O) groups is 1. The van der Waals surface area contributed by atoms with E-state index < -0.39 is 30.0 Å². The number of benzene rings is 3. The summed E-state index contributed by atoms with van der Waals surface area (Å²) in [6.45, 7) is 0. The third-order valence-electron chi connectivity index (χ3n) is 4.90. The van der Waals surface area contributed by atoms with Gasteiger partial charge in [-0.3, -0.25) is 4.99 Å². The zero-order chi connectivity index (χ0) is 20.9. The molecule has 6 nitrogen and oxygen atoms in total. The smallest absolute Gasteiger partial charge is 0.357 e. The summed E-state index contributed by atoms with van der Waals surface area (Å²) >= 11 is 0. The number of ether oxygens (including phenoxy) is 1. The molecule has 0 fully saturated rings. The number of aliphatic imine (C=N–C) groups is 1. The van der Waals surface area contributed by atoms with E-state index in [-0.39, 0.29) is 5.71 Å². The van der Waals surface area contributed by atoms with Gasteiger partial charge in [0.05, 0.1) is 0 Å². The van der Waals surface area contributed by atoms with Crippen molar-refractivity contribution in [3.63, 3.8) is 0 Å². The third-order valence-corrected chi connectivity index (χ3v) is 4.90. The number of azide groups is 1. The second-order valence-electron chi connectivity index (χ2n) is 6.77. The fourth-order valence-corrected chi connectivity index (χ4v) is 3.49. The van der Waals surface area contributed by atoms with Gasteiger partial charge in [0.1, 0.15) is 24.0 Å². The molecule has 0 saturated carbocycles. The molecule has 0 bridgehead atoms. The summed E-state index contributed by atoms with van der Waals surface area (Å²) in [6.07, 6.45) is -0.831. The van der Waals surface area contributed by atoms with Crippen molar-refractivity contribution in [3.05, 3.63) is 118 Å². The Labute approximate surface area is 172 Å². The van der Waals surface area contributed by atoms with Crippen LogP contribution in [0.3, 0.4) is 0 Å². The molecule has 4 rings (SSSR count). The number of rotatable bonds is 5. The van der Waals surface area contributed by atoms with Crippen molar-refractivity contribution < 1.29 is 13.9 Å². The van der Waals surface area contributed by atoms with Crippen LogP contribution in [0.25, 0.3) is 10.4 Å². The zero-order valence-electron chi connectivity index (χ0n) is 15.8. The molecule has 1 aliphatic rings. The van der Waals surface area contributed by atoms with E-state index in [4.69, 9.17) is 10.3 Å². The van der Waals surface area contributed by atoms with Crippen LogP contribution in [0, 0.1) is 5.82 Å². The number of cyclic esters (lactones) is 1. The molecule has 3 atom stereocenters. The average Bonchev–Trinajstić information content (AvgIpc) is 2.79. The van der Waals surface area contributed by atoms with Gasteiger partial charge >= 0.3 is 5.97 Å². The minimum absolute atomic E-state index is 0.104. The van der Waals surface area contributed by atoms with E-state index in [1.807, 2.05) is 60.7 Å². The Morgan fingerprint density at radius 2 is 1.60 bits per heavy atom. The average molecular weight is 400 g/mol. The number of halogens is 1. The highest BCUT2D eigenvalue weighted by molar-refractivity contribution is 6.43. The quantitative estimate of drug-likeness (QED) is 0.251. The summed E-state index contributed by atoms with van der Waals surface area (Å²) < 4.78 is 19.1. The van der Waals surface area contributed by atoms with Gasteiger partial charge in [0.2, 0.25) is 0 Å². The van der Waals surface area contributed by atoms with Gasteiger partial charge in [-0.2, -0.15) is 0 Å². The summed E-state index contributed by atoms with van der Waals surface area (Å²) in [7, 11) is 0. The van der Waals surface area contributed by atoms with Gasteiger partial charge in [-0.1, -0.05) is 65.8 Å². The first-order chi connectivity index (χ1) is 14.7. The molecule has 0 radical (unpaired) electrons. The largest absolute Gasteiger partial charge is 0.454 e. The Kier molecular flexibility index (Phi) is 5.54. The number of nitrogens with zero attached hydrogens (tertiary/aromatic N) is 4. The maximum atomic E-state index is 13.3. The third kappa shape index (κ3) is 3.92. The first kappa shape index (κ1) is 19.4. The van der Waals surface area contributed by atoms with Crippen molar-refractivity contribution in [1.82, 2.24) is 0 Å². The molecule has 3 aromatic carbocycles. The minimum Gasteiger partial charge on any atom is -0.454 e. The lowest BCUT2D eigenvalue weighted by molar-refractivity contribution is -0.144. The van der Waals surface area contributed by atoms with Gasteiger partial charge in [-0.05, 0) is 40.9 Å². The van der Waals surface area contributed by atoms with Gasteiger partial charge in [-0.15, -0.1) is 0 Å². The standard InChI is InChI=1S/C23H17FN4O2/c24-18-13-11-17(12-14-18)21-23(29)30-22(19(26-21)15-7-3-1-4-8-15)20(27-28-25)16-9-5-2-6-10-16/h1-14,19-20,22H/t19-,20+,22-/m1/s1. The molecular weight excluding hydrogens is 383 g/mol. The normalized spacial score (nSPS) is 19.2. The number of carbonyl (C=O) groups excluding carboxylic acids is 1. The minimum atomic E-state index is -0.831. The van der Waals surface area contributed by atoms with E-state index in [1.54, 1.807) is 0 Å². The predicted molar refractivity (Wildman–Crippen MR) is 110 cm³/mol. The van der Waals surface area contributed by atoms with E-state index in [0.717, 1.165) is 11.1 Å². The first-order valence-corrected chi connectivity index (χ1v) is 9.36. The SMILES string of the molecule is [N-]=[N+]=N[C@@H](c1ccccc1)[C@@H]1OC(=O)C(c2ccc(F)cc2)=N[C@@H]1c1ccccc1. The molecule has 0 spiro atoms. The zero-order valence-corrected chi connectivity index (χ0v) is 15.8. The maximum Gasteiger partial charge on any atom is 0.357 e. The molecule has 0 N–H and O–H groups in total. The fraction of sp³-hybridized carbons (Fsp3) is 0.130. The highest BCUT2D eigenvalue weighted by atomic mass is 19.1. The fourth-order valence-electron chi connectivity index (χ4n) is 3.49. The molecule has 0 unspecified atom stereocenters. The Hall–Kier alpha value is -3.96. The van der Waals surface area contributed by atoms with Crippen molar-refractivity contribution in [1.29, 1.82) is 0 Å². The van der Waals surface area contributed by atoms with E-state index in [0.29, 0.717) is 5.56 Å². The van der Waals surface area contributed by atoms with E-state index >= 15 is 0 Å². The maximum absolute atomic E-state index is 13.3. The Balaban J connectivity index is 1.83. The Bertz CT molecular complexity index is 1110. The van der Waals surface area contributed by atoms with Gasteiger partial charge in [-0.25, -0.2) is 9.18 Å². The molecule has 30 heavy (non-hydrogen) atoms. The van der Waals surface area contributed by atoms with Crippen LogP contribution in [0.15, 0.2) is 95.0 Å². The lowest BCUT2D eigenvalue weighted by atomic mass is 9.91. The molecule has 3 aromatic rings. The number of hydrogen-bond donors (Lipinski definition) is 0. The van der Waals surface area contributed by atoms with Crippen LogP contribution in [-0.2, 0) is 9.53 Å². The molecular formula is C23H17FN4O2. The Morgan fingerprint density at radius 1 is 0.967 bits per heavy atom. The van der Waals surface area contributed by atoms with Crippen LogP contribution in [0.5, 0.6) is 0 Å². The van der Waals surface area contributed by atoms with Gasteiger partial charge in [0.15, 0.2) is 5.71 Å². The lowest BCUT2D eigenvalue weighted by Crippen LogP contribution is -2.38. The van der Waals surface area contributed by atoms with Crippen LogP contribution in [-0.4, -0.2) is 17.8 Å². The Morgan fingerprint density at radius 3 is 2.23 bits per heavy atom. The van der Waals surface area contributed by atoms with Crippen molar-refractivity contribution in [3.8, 4) is 0 Å². The van der Waals surface area contributed by atoms with Crippen LogP contribution in [0.4, 0.5) is 4.39 Å². The second-order valence-corrected chi connectivity index (χ2v) is 6.77. The second kappa shape index (κ2) is 8.59. The van der Waals surface area contributed by atoms with Crippen molar-refractivity contribution in [2.24, 2.45) is 10.1 Å². The van der Waals surface area contributed by atoms with Crippen LogP contribution in [0.1, 0.15) is 28.8 Å². The molecule has 0 amide bonds. The molecule has 1 heterocycles. The summed E-state index contributed by atoms with van der Waals surface area (Å²) in [6, 6.07) is 22.6. The molecule has 0 aliphatic carbocycles. The molecule has 0 saturated heterocycles. The highest BCUT2D eigenvalue weighted by Crippen LogP contribution is 2.38. The van der Waals surface area contributed by atoms with Crippen LogP contribution < -0.4 is 0 Å². The van der Waals surface area contributed by atoms with Crippen molar-refractivity contribution in [2.45, 2.75) is 18.2 Å². The molecule has 148 valence electrons. The van der Waals surface area contributed by atoms with Crippen LogP contribution >= 0.6 is 0 Å². The van der Waals surface area contributed by atoms with Crippen LogP contribution in [0.2, 0.25) is 0 Å². The monoisotopic (exact) mass is 400 g/mol. The van der Waals surface area contributed by atoms with Gasteiger partial charge in [0, 0.05) is 10.5 Å². The highest BCUT2D eigenvalue weighted by Gasteiger charge is 2.40. The van der Waals surface area contributed by atoms with Crippen molar-refractivity contribution >= 4 is 11.7 Å². The predicted octanol–water partition coefficient (Wildman–Crippen LogP) is 5.33. The van der Waals surface area contributed by atoms with E-state index in [1.165, 1.54) is 24.3 Å². The van der Waals surface area contributed by atoms with Gasteiger partial charge in [0.25, 0.3) is 0 Å². The lowest BCUT2D eigenvalue weighted by Gasteiger charge is -2.33.